The first-order chi connectivity index (χ1) is 8.72. The van der Waals surface area contributed by atoms with Crippen molar-refractivity contribution in [2.24, 2.45) is 17.6 Å². The zero-order valence-corrected chi connectivity index (χ0v) is 12.7. The largest absolute Gasteiger partial charge is 0.377 e. The Bertz CT molecular complexity index is 197. The van der Waals surface area contributed by atoms with Crippen molar-refractivity contribution < 1.29 is 4.74 Å². The highest BCUT2D eigenvalue weighted by molar-refractivity contribution is 4.84. The van der Waals surface area contributed by atoms with Gasteiger partial charge in [0, 0.05) is 12.6 Å². The summed E-state index contributed by atoms with van der Waals surface area (Å²) < 4.78 is 6.01. The van der Waals surface area contributed by atoms with Gasteiger partial charge in [-0.15, -0.1) is 0 Å². The summed E-state index contributed by atoms with van der Waals surface area (Å²) in [4.78, 5) is 0. The molecule has 1 rings (SSSR count). The Morgan fingerprint density at radius 3 is 2.17 bits per heavy atom. The third-order valence-corrected chi connectivity index (χ3v) is 4.66. The molecule has 2 nitrogen and oxygen atoms in total. The second kappa shape index (κ2) is 8.92. The Hall–Kier alpha value is -0.0800. The van der Waals surface area contributed by atoms with Crippen LogP contribution in [-0.4, -0.2) is 18.8 Å². The Kier molecular flexibility index (Phi) is 7.92. The van der Waals surface area contributed by atoms with Crippen molar-refractivity contribution in [3.63, 3.8) is 0 Å². The molecule has 0 aromatic carbocycles. The molecule has 0 bridgehead atoms. The summed E-state index contributed by atoms with van der Waals surface area (Å²) >= 11 is 0. The van der Waals surface area contributed by atoms with E-state index in [1.54, 1.807) is 0 Å². The highest BCUT2D eigenvalue weighted by atomic mass is 16.5. The van der Waals surface area contributed by atoms with Gasteiger partial charge < -0.3 is 10.5 Å². The van der Waals surface area contributed by atoms with Crippen molar-refractivity contribution in [2.75, 3.05) is 6.61 Å². The molecule has 0 aliphatic heterocycles. The normalized spacial score (nSPS) is 21.2. The van der Waals surface area contributed by atoms with Crippen LogP contribution < -0.4 is 5.73 Å². The maximum absolute atomic E-state index is 6.46. The summed E-state index contributed by atoms with van der Waals surface area (Å²) in [5, 5.41) is 0. The highest BCUT2D eigenvalue weighted by Gasteiger charge is 2.29. The summed E-state index contributed by atoms with van der Waals surface area (Å²) in [6.45, 7) is 7.45. The topological polar surface area (TPSA) is 35.2 Å². The Morgan fingerprint density at radius 1 is 1.06 bits per heavy atom. The minimum atomic E-state index is 0.234. The number of rotatable bonds is 8. The number of nitrogens with two attached hydrogens (primary N) is 1. The van der Waals surface area contributed by atoms with Crippen LogP contribution in [0.15, 0.2) is 0 Å². The summed E-state index contributed by atoms with van der Waals surface area (Å²) in [5.74, 6) is 1.48. The van der Waals surface area contributed by atoms with Gasteiger partial charge in [-0.05, 0) is 38.0 Å². The molecule has 0 amide bonds. The van der Waals surface area contributed by atoms with Crippen molar-refractivity contribution in [3.8, 4) is 0 Å². The Labute approximate surface area is 114 Å². The van der Waals surface area contributed by atoms with Crippen molar-refractivity contribution in [1.82, 2.24) is 0 Å². The van der Waals surface area contributed by atoms with Crippen molar-refractivity contribution in [1.29, 1.82) is 0 Å². The maximum atomic E-state index is 6.46. The summed E-state index contributed by atoms with van der Waals surface area (Å²) in [7, 11) is 0. The summed E-state index contributed by atoms with van der Waals surface area (Å²) in [5.41, 5.74) is 6.46. The van der Waals surface area contributed by atoms with E-state index in [0.29, 0.717) is 12.0 Å². The van der Waals surface area contributed by atoms with Gasteiger partial charge in [0.2, 0.25) is 0 Å². The second-order valence-corrected chi connectivity index (χ2v) is 5.90. The fourth-order valence-corrected chi connectivity index (χ4v) is 3.41. The zero-order valence-electron chi connectivity index (χ0n) is 12.7. The molecule has 2 heteroatoms. The van der Waals surface area contributed by atoms with Crippen LogP contribution in [-0.2, 0) is 4.74 Å². The minimum Gasteiger partial charge on any atom is -0.377 e. The standard InChI is InChI=1S/C16H33NO/c1-4-13(5-2)12-15(17)16(18-6-3)14-10-8-7-9-11-14/h13-16H,4-12,17H2,1-3H3. The second-order valence-electron chi connectivity index (χ2n) is 5.90. The third kappa shape index (κ3) is 4.89. The van der Waals surface area contributed by atoms with Crippen LogP contribution in [0.4, 0.5) is 0 Å². The fraction of sp³-hybridized carbons (Fsp3) is 1.00. The van der Waals surface area contributed by atoms with Gasteiger partial charge in [0.1, 0.15) is 0 Å². The molecule has 108 valence electrons. The number of hydrogen-bond donors (Lipinski definition) is 1. The van der Waals surface area contributed by atoms with Gasteiger partial charge in [0.05, 0.1) is 6.10 Å². The predicted molar refractivity (Wildman–Crippen MR) is 78.7 cm³/mol. The van der Waals surface area contributed by atoms with Gasteiger partial charge in [-0.3, -0.25) is 0 Å². The van der Waals surface area contributed by atoms with Crippen LogP contribution in [0.1, 0.15) is 72.1 Å². The molecule has 0 heterocycles. The molecule has 18 heavy (non-hydrogen) atoms. The lowest BCUT2D eigenvalue weighted by Crippen LogP contribution is -2.44. The molecule has 1 aliphatic rings. The summed E-state index contributed by atoms with van der Waals surface area (Å²) in [6, 6.07) is 0.234. The van der Waals surface area contributed by atoms with Crippen LogP contribution in [0.3, 0.4) is 0 Å². The highest BCUT2D eigenvalue weighted by Crippen LogP contribution is 2.31. The van der Waals surface area contributed by atoms with Gasteiger partial charge >= 0.3 is 0 Å². The predicted octanol–water partition coefficient (Wildman–Crippen LogP) is 4.13. The van der Waals surface area contributed by atoms with E-state index in [1.165, 1.54) is 44.9 Å². The smallest absolute Gasteiger partial charge is 0.0753 e. The van der Waals surface area contributed by atoms with Crippen molar-refractivity contribution in [2.45, 2.75) is 84.3 Å². The Balaban J connectivity index is 2.52. The molecule has 1 saturated carbocycles. The Morgan fingerprint density at radius 2 is 1.67 bits per heavy atom. The van der Waals surface area contributed by atoms with Crippen molar-refractivity contribution in [3.05, 3.63) is 0 Å². The lowest BCUT2D eigenvalue weighted by atomic mass is 9.80. The molecular formula is C16H33NO. The zero-order chi connectivity index (χ0) is 13.4. The SMILES string of the molecule is CCOC(C(N)CC(CC)CC)C1CCCCC1. The quantitative estimate of drug-likeness (QED) is 0.708. The first kappa shape index (κ1) is 16.0. The first-order valence-corrected chi connectivity index (χ1v) is 8.10. The molecular weight excluding hydrogens is 222 g/mol. The van der Waals surface area contributed by atoms with E-state index in [2.05, 4.69) is 20.8 Å². The molecule has 2 atom stereocenters. The third-order valence-electron chi connectivity index (χ3n) is 4.66. The molecule has 0 spiro atoms. The van der Waals surface area contributed by atoms with E-state index in [-0.39, 0.29) is 6.04 Å². The van der Waals surface area contributed by atoms with Crippen molar-refractivity contribution >= 4 is 0 Å². The van der Waals surface area contributed by atoms with Crippen LogP contribution in [0.5, 0.6) is 0 Å². The number of ether oxygens (including phenoxy) is 1. The number of hydrogen-bond acceptors (Lipinski definition) is 2. The molecule has 0 aromatic rings. The average molecular weight is 255 g/mol. The fourth-order valence-electron chi connectivity index (χ4n) is 3.41. The van der Waals surface area contributed by atoms with Gasteiger partial charge in [-0.25, -0.2) is 0 Å². The average Bonchev–Trinajstić information content (AvgIpc) is 2.42. The van der Waals surface area contributed by atoms with Gasteiger partial charge in [0.15, 0.2) is 0 Å². The van der Waals surface area contributed by atoms with Crippen LogP contribution >= 0.6 is 0 Å². The lowest BCUT2D eigenvalue weighted by molar-refractivity contribution is -0.0141. The molecule has 2 unspecified atom stereocenters. The van der Waals surface area contributed by atoms with Gasteiger partial charge in [0.25, 0.3) is 0 Å². The molecule has 0 radical (unpaired) electrons. The van der Waals surface area contributed by atoms with E-state index in [0.717, 1.165) is 18.9 Å². The molecule has 1 aliphatic carbocycles. The van der Waals surface area contributed by atoms with E-state index in [4.69, 9.17) is 10.5 Å². The van der Waals surface area contributed by atoms with Crippen LogP contribution in [0, 0.1) is 11.8 Å². The molecule has 2 N–H and O–H groups in total. The van der Waals surface area contributed by atoms with Gasteiger partial charge in [-0.1, -0.05) is 46.0 Å². The van der Waals surface area contributed by atoms with Gasteiger partial charge in [-0.2, -0.15) is 0 Å². The lowest BCUT2D eigenvalue weighted by Gasteiger charge is -2.35. The minimum absolute atomic E-state index is 0.234. The summed E-state index contributed by atoms with van der Waals surface area (Å²) in [6.07, 6.45) is 10.7. The molecule has 1 fully saturated rings. The van der Waals surface area contributed by atoms with E-state index in [9.17, 15) is 0 Å². The first-order valence-electron chi connectivity index (χ1n) is 8.10. The van der Waals surface area contributed by atoms with E-state index >= 15 is 0 Å². The van der Waals surface area contributed by atoms with Crippen LogP contribution in [0.2, 0.25) is 0 Å². The van der Waals surface area contributed by atoms with E-state index < -0.39 is 0 Å². The monoisotopic (exact) mass is 255 g/mol. The molecule has 0 saturated heterocycles. The van der Waals surface area contributed by atoms with E-state index in [1.807, 2.05) is 0 Å². The molecule has 0 aromatic heterocycles. The van der Waals surface area contributed by atoms with Crippen LogP contribution in [0.25, 0.3) is 0 Å². The maximum Gasteiger partial charge on any atom is 0.0753 e.